The van der Waals surface area contributed by atoms with Crippen LogP contribution in [0.3, 0.4) is 0 Å². The molecule has 1 fully saturated rings. The van der Waals surface area contributed by atoms with E-state index in [4.69, 9.17) is 15.2 Å². The number of unbranched alkanes of at least 4 members (excludes halogenated alkanes) is 1. The summed E-state index contributed by atoms with van der Waals surface area (Å²) in [6.07, 6.45) is 5.72. The fourth-order valence-corrected chi connectivity index (χ4v) is 2.24. The first kappa shape index (κ1) is 13.4. The van der Waals surface area contributed by atoms with Crippen LogP contribution in [-0.2, 0) is 11.2 Å². The molecule has 1 heterocycles. The molecule has 0 aliphatic carbocycles. The van der Waals surface area contributed by atoms with Crippen molar-refractivity contribution < 1.29 is 9.47 Å². The lowest BCUT2D eigenvalue weighted by atomic mass is 10.1. The van der Waals surface area contributed by atoms with Gasteiger partial charge < -0.3 is 15.2 Å². The van der Waals surface area contributed by atoms with Gasteiger partial charge in [-0.1, -0.05) is 12.1 Å². The lowest BCUT2D eigenvalue weighted by Gasteiger charge is -2.23. The molecule has 0 aromatic heterocycles. The Hall–Kier alpha value is -1.06. The van der Waals surface area contributed by atoms with Gasteiger partial charge in [0.15, 0.2) is 0 Å². The Bertz CT molecular complexity index is 348. The maximum Gasteiger partial charge on any atom is 0.122 e. The Morgan fingerprint density at radius 2 is 2.28 bits per heavy atom. The van der Waals surface area contributed by atoms with Gasteiger partial charge in [0.2, 0.25) is 0 Å². The molecule has 0 radical (unpaired) electrons. The number of hydrogen-bond donors (Lipinski definition) is 1. The molecule has 0 spiro atoms. The van der Waals surface area contributed by atoms with E-state index < -0.39 is 0 Å². The van der Waals surface area contributed by atoms with Gasteiger partial charge in [0.1, 0.15) is 11.9 Å². The molecule has 1 atom stereocenters. The van der Waals surface area contributed by atoms with Crippen LogP contribution in [-0.4, -0.2) is 25.9 Å². The average molecular weight is 249 g/mol. The van der Waals surface area contributed by atoms with E-state index in [1.54, 1.807) is 0 Å². The average Bonchev–Trinajstić information content (AvgIpc) is 2.41. The van der Waals surface area contributed by atoms with Gasteiger partial charge >= 0.3 is 0 Å². The SMILES string of the molecule is NCCCCc1cccc(OC2CCCOC2)c1. The van der Waals surface area contributed by atoms with Crippen molar-refractivity contribution in [1.29, 1.82) is 0 Å². The minimum Gasteiger partial charge on any atom is -0.488 e. The number of benzene rings is 1. The van der Waals surface area contributed by atoms with Gasteiger partial charge in [0.25, 0.3) is 0 Å². The first-order valence-electron chi connectivity index (χ1n) is 6.92. The minimum atomic E-state index is 0.220. The van der Waals surface area contributed by atoms with Gasteiger partial charge in [-0.15, -0.1) is 0 Å². The van der Waals surface area contributed by atoms with Crippen LogP contribution in [0.1, 0.15) is 31.2 Å². The van der Waals surface area contributed by atoms with Crippen LogP contribution in [0.5, 0.6) is 5.75 Å². The summed E-state index contributed by atoms with van der Waals surface area (Å²) in [6, 6.07) is 8.39. The van der Waals surface area contributed by atoms with E-state index in [0.717, 1.165) is 57.6 Å². The molecule has 2 N–H and O–H groups in total. The third kappa shape index (κ3) is 4.31. The molecule has 0 bridgehead atoms. The summed E-state index contributed by atoms with van der Waals surface area (Å²) in [6.45, 7) is 2.37. The van der Waals surface area contributed by atoms with Crippen molar-refractivity contribution in [3.63, 3.8) is 0 Å². The molecule has 1 aliphatic heterocycles. The molecule has 2 rings (SSSR count). The zero-order chi connectivity index (χ0) is 12.6. The predicted octanol–water partition coefficient (Wildman–Crippen LogP) is 2.53. The number of hydrogen-bond acceptors (Lipinski definition) is 3. The maximum atomic E-state index is 5.95. The molecule has 1 unspecified atom stereocenters. The second kappa shape index (κ2) is 7.39. The summed E-state index contributed by atoms with van der Waals surface area (Å²) in [4.78, 5) is 0. The van der Waals surface area contributed by atoms with Crippen LogP contribution >= 0.6 is 0 Å². The Kier molecular flexibility index (Phi) is 5.49. The highest BCUT2D eigenvalue weighted by Crippen LogP contribution is 2.19. The lowest BCUT2D eigenvalue weighted by Crippen LogP contribution is -2.27. The van der Waals surface area contributed by atoms with Crippen molar-refractivity contribution >= 4 is 0 Å². The van der Waals surface area contributed by atoms with E-state index in [1.165, 1.54) is 5.56 Å². The molecule has 0 saturated carbocycles. The van der Waals surface area contributed by atoms with Crippen LogP contribution in [0.25, 0.3) is 0 Å². The van der Waals surface area contributed by atoms with Crippen molar-refractivity contribution in [2.45, 2.75) is 38.2 Å². The van der Waals surface area contributed by atoms with E-state index in [0.29, 0.717) is 0 Å². The normalized spacial score (nSPS) is 19.7. The maximum absolute atomic E-state index is 5.95. The van der Waals surface area contributed by atoms with Crippen molar-refractivity contribution in [3.05, 3.63) is 29.8 Å². The molecule has 0 amide bonds. The van der Waals surface area contributed by atoms with Crippen LogP contribution < -0.4 is 10.5 Å². The zero-order valence-corrected chi connectivity index (χ0v) is 10.9. The Morgan fingerprint density at radius 3 is 3.06 bits per heavy atom. The molecule has 1 aromatic carbocycles. The van der Waals surface area contributed by atoms with Gasteiger partial charge in [-0.25, -0.2) is 0 Å². The highest BCUT2D eigenvalue weighted by molar-refractivity contribution is 5.28. The largest absolute Gasteiger partial charge is 0.488 e. The first-order valence-corrected chi connectivity index (χ1v) is 6.92. The molecule has 1 aliphatic rings. The Balaban J connectivity index is 1.85. The highest BCUT2D eigenvalue weighted by atomic mass is 16.5. The highest BCUT2D eigenvalue weighted by Gasteiger charge is 2.15. The number of rotatable bonds is 6. The summed E-state index contributed by atoms with van der Waals surface area (Å²) < 4.78 is 11.4. The first-order chi connectivity index (χ1) is 8.88. The van der Waals surface area contributed by atoms with E-state index in [1.807, 2.05) is 6.07 Å². The number of aryl methyl sites for hydroxylation is 1. The topological polar surface area (TPSA) is 44.5 Å². The molecule has 18 heavy (non-hydrogen) atoms. The van der Waals surface area contributed by atoms with Crippen molar-refractivity contribution in [3.8, 4) is 5.75 Å². The Morgan fingerprint density at radius 1 is 1.33 bits per heavy atom. The van der Waals surface area contributed by atoms with Crippen molar-refractivity contribution in [2.24, 2.45) is 5.73 Å². The summed E-state index contributed by atoms with van der Waals surface area (Å²) in [7, 11) is 0. The van der Waals surface area contributed by atoms with Crippen molar-refractivity contribution in [1.82, 2.24) is 0 Å². The molecule has 3 nitrogen and oxygen atoms in total. The third-order valence-electron chi connectivity index (χ3n) is 3.24. The standard InChI is InChI=1S/C15H23NO2/c16-9-2-1-5-13-6-3-7-14(11-13)18-15-8-4-10-17-12-15/h3,6-7,11,15H,1-2,4-5,8-10,12,16H2. The van der Waals surface area contributed by atoms with Gasteiger partial charge in [-0.2, -0.15) is 0 Å². The fraction of sp³-hybridized carbons (Fsp3) is 0.600. The minimum absolute atomic E-state index is 0.220. The zero-order valence-electron chi connectivity index (χ0n) is 10.9. The third-order valence-corrected chi connectivity index (χ3v) is 3.24. The number of ether oxygens (including phenoxy) is 2. The van der Waals surface area contributed by atoms with Gasteiger partial charge in [-0.3, -0.25) is 0 Å². The predicted molar refractivity (Wildman–Crippen MR) is 72.9 cm³/mol. The molecule has 1 aromatic rings. The summed E-state index contributed by atoms with van der Waals surface area (Å²) in [5.74, 6) is 0.968. The van der Waals surface area contributed by atoms with Crippen LogP contribution in [0, 0.1) is 0 Å². The molecular weight excluding hydrogens is 226 g/mol. The van der Waals surface area contributed by atoms with Crippen molar-refractivity contribution in [2.75, 3.05) is 19.8 Å². The van der Waals surface area contributed by atoms with Crippen LogP contribution in [0.4, 0.5) is 0 Å². The molecule has 3 heteroatoms. The summed E-state index contributed by atoms with van der Waals surface area (Å²) in [5, 5.41) is 0. The van der Waals surface area contributed by atoms with Gasteiger partial charge in [0, 0.05) is 6.61 Å². The summed E-state index contributed by atoms with van der Waals surface area (Å²) in [5.41, 5.74) is 6.84. The lowest BCUT2D eigenvalue weighted by molar-refractivity contribution is 0.00740. The molecular formula is C15H23NO2. The fourth-order valence-electron chi connectivity index (χ4n) is 2.24. The van der Waals surface area contributed by atoms with Crippen LogP contribution in [0.2, 0.25) is 0 Å². The Labute approximate surface area is 109 Å². The van der Waals surface area contributed by atoms with E-state index in [2.05, 4.69) is 18.2 Å². The van der Waals surface area contributed by atoms with Crippen LogP contribution in [0.15, 0.2) is 24.3 Å². The van der Waals surface area contributed by atoms with Gasteiger partial charge in [0.05, 0.1) is 6.61 Å². The second-order valence-electron chi connectivity index (χ2n) is 4.85. The molecule has 1 saturated heterocycles. The van der Waals surface area contributed by atoms with E-state index in [9.17, 15) is 0 Å². The molecule has 100 valence electrons. The van der Waals surface area contributed by atoms with Gasteiger partial charge in [-0.05, 0) is 56.3 Å². The summed E-state index contributed by atoms with van der Waals surface area (Å²) >= 11 is 0. The smallest absolute Gasteiger partial charge is 0.122 e. The second-order valence-corrected chi connectivity index (χ2v) is 4.85. The van der Waals surface area contributed by atoms with E-state index in [-0.39, 0.29) is 6.10 Å². The quantitative estimate of drug-likeness (QED) is 0.788. The van der Waals surface area contributed by atoms with E-state index >= 15 is 0 Å². The monoisotopic (exact) mass is 249 g/mol. The number of nitrogens with two attached hydrogens (primary N) is 1.